The Bertz CT molecular complexity index is 1470. The predicted molar refractivity (Wildman–Crippen MR) is 169 cm³/mol. The highest BCUT2D eigenvalue weighted by Crippen LogP contribution is 2.55. The molecule has 0 aromatic heterocycles. The van der Waals surface area contributed by atoms with E-state index >= 15 is 0 Å². The molecule has 42 heavy (non-hydrogen) atoms. The SMILES string of the molecule is CCCN1C2=C(C(=O)CC(C)(C)C2)C(c2cc(Cl)c(OCc3ccc(Cl)c(Cl)c3)c(OC)c2)C2=C1CC(C)(C)CC2=O. The fraction of sp³-hybridized carbons (Fsp3) is 0.471. The number of benzene rings is 2. The number of allylic oxidation sites excluding steroid dienone is 4. The van der Waals surface area contributed by atoms with E-state index in [-0.39, 0.29) is 29.0 Å². The van der Waals surface area contributed by atoms with E-state index < -0.39 is 5.92 Å². The quantitative estimate of drug-likeness (QED) is 0.305. The van der Waals surface area contributed by atoms with Crippen LogP contribution in [0.4, 0.5) is 0 Å². The number of hydrogen-bond donors (Lipinski definition) is 0. The molecule has 0 fully saturated rings. The van der Waals surface area contributed by atoms with E-state index in [2.05, 4.69) is 39.5 Å². The van der Waals surface area contributed by atoms with Gasteiger partial charge in [0.25, 0.3) is 0 Å². The third-order valence-electron chi connectivity index (χ3n) is 8.42. The van der Waals surface area contributed by atoms with Gasteiger partial charge in [-0.05, 0) is 65.5 Å². The van der Waals surface area contributed by atoms with Gasteiger partial charge in [0.2, 0.25) is 0 Å². The number of hydrogen-bond acceptors (Lipinski definition) is 5. The highest BCUT2D eigenvalue weighted by molar-refractivity contribution is 6.42. The van der Waals surface area contributed by atoms with E-state index in [0.717, 1.165) is 59.5 Å². The van der Waals surface area contributed by atoms with Gasteiger partial charge in [-0.1, -0.05) is 75.5 Å². The number of halogens is 3. The van der Waals surface area contributed by atoms with Crippen molar-refractivity contribution in [1.82, 2.24) is 4.90 Å². The average molecular weight is 631 g/mol. The van der Waals surface area contributed by atoms with E-state index in [9.17, 15) is 9.59 Å². The highest BCUT2D eigenvalue weighted by Gasteiger charge is 2.49. The van der Waals surface area contributed by atoms with Crippen LogP contribution < -0.4 is 9.47 Å². The summed E-state index contributed by atoms with van der Waals surface area (Å²) < 4.78 is 11.9. The highest BCUT2D eigenvalue weighted by atomic mass is 35.5. The first-order valence-corrected chi connectivity index (χ1v) is 15.6. The maximum absolute atomic E-state index is 14.0. The van der Waals surface area contributed by atoms with Crippen LogP contribution in [0.5, 0.6) is 11.5 Å². The van der Waals surface area contributed by atoms with Crippen LogP contribution in [0.15, 0.2) is 52.9 Å². The summed E-state index contributed by atoms with van der Waals surface area (Å²) in [5, 5.41) is 1.25. The number of rotatable bonds is 7. The van der Waals surface area contributed by atoms with Gasteiger partial charge >= 0.3 is 0 Å². The van der Waals surface area contributed by atoms with E-state index in [1.54, 1.807) is 19.2 Å². The molecular weight excluding hydrogens is 593 g/mol. The van der Waals surface area contributed by atoms with Crippen molar-refractivity contribution in [3.8, 4) is 11.5 Å². The van der Waals surface area contributed by atoms with Crippen LogP contribution in [0.3, 0.4) is 0 Å². The fourth-order valence-corrected chi connectivity index (χ4v) is 7.30. The molecule has 0 amide bonds. The Balaban J connectivity index is 1.64. The minimum absolute atomic E-state index is 0.0894. The van der Waals surface area contributed by atoms with Crippen molar-refractivity contribution in [3.63, 3.8) is 0 Å². The Labute approximate surface area is 263 Å². The molecule has 0 spiro atoms. The first-order valence-electron chi connectivity index (χ1n) is 14.5. The standard InChI is InChI=1S/C34H38Cl3NO4/c1-7-10-38-24-14-33(2,3)16-26(39)30(24)29(31-25(38)15-34(4,5)17-27(31)40)20-12-23(37)32(28(13-20)41-6)42-18-19-8-9-21(35)22(36)11-19/h8-9,11-13,29H,7,10,14-18H2,1-6H3. The predicted octanol–water partition coefficient (Wildman–Crippen LogP) is 9.33. The lowest BCUT2D eigenvalue weighted by molar-refractivity contribution is -0.119. The molecule has 5 nitrogen and oxygen atoms in total. The number of ether oxygens (including phenoxy) is 2. The van der Waals surface area contributed by atoms with Crippen molar-refractivity contribution in [2.45, 2.75) is 79.2 Å². The first kappa shape index (κ1) is 31.0. The molecule has 0 atom stereocenters. The summed E-state index contributed by atoms with van der Waals surface area (Å²) in [5.74, 6) is 0.488. The lowest BCUT2D eigenvalue weighted by atomic mass is 9.63. The van der Waals surface area contributed by atoms with Crippen molar-refractivity contribution in [1.29, 1.82) is 0 Å². The average Bonchev–Trinajstić information content (AvgIpc) is 2.89. The Morgan fingerprint density at radius 1 is 0.833 bits per heavy atom. The Morgan fingerprint density at radius 3 is 1.95 bits per heavy atom. The van der Waals surface area contributed by atoms with E-state index in [1.807, 2.05) is 18.2 Å². The molecule has 2 aromatic rings. The Hall–Kier alpha value is -2.47. The maximum Gasteiger partial charge on any atom is 0.180 e. The fourth-order valence-electron chi connectivity index (χ4n) is 6.71. The minimum atomic E-state index is -0.508. The number of carbonyl (C=O) groups excluding carboxylic acids is 2. The topological polar surface area (TPSA) is 55.8 Å². The smallest absolute Gasteiger partial charge is 0.180 e. The van der Waals surface area contributed by atoms with Gasteiger partial charge in [0.05, 0.1) is 22.2 Å². The molecule has 1 heterocycles. The van der Waals surface area contributed by atoms with E-state index in [1.165, 1.54) is 0 Å². The molecule has 2 aromatic carbocycles. The van der Waals surface area contributed by atoms with Crippen molar-refractivity contribution in [2.24, 2.45) is 10.8 Å². The number of ketones is 2. The summed E-state index contributed by atoms with van der Waals surface area (Å²) in [5.41, 5.74) is 4.77. The molecule has 2 aliphatic carbocycles. The van der Waals surface area contributed by atoms with Crippen LogP contribution in [0.1, 0.15) is 83.8 Å². The first-order chi connectivity index (χ1) is 19.7. The van der Waals surface area contributed by atoms with Crippen LogP contribution in [0.25, 0.3) is 0 Å². The molecule has 8 heteroatoms. The van der Waals surface area contributed by atoms with E-state index in [0.29, 0.717) is 39.4 Å². The van der Waals surface area contributed by atoms with Crippen molar-refractivity contribution in [2.75, 3.05) is 13.7 Å². The molecule has 0 saturated carbocycles. The van der Waals surface area contributed by atoms with E-state index in [4.69, 9.17) is 44.3 Å². The van der Waals surface area contributed by atoms with Crippen molar-refractivity contribution in [3.05, 3.63) is 79.1 Å². The summed E-state index contributed by atoms with van der Waals surface area (Å²) in [6.07, 6.45) is 3.31. The van der Waals surface area contributed by atoms with Gasteiger partial charge in [-0.2, -0.15) is 0 Å². The lowest BCUT2D eigenvalue weighted by Gasteiger charge is -2.49. The van der Waals surface area contributed by atoms with Crippen LogP contribution in [0, 0.1) is 10.8 Å². The van der Waals surface area contributed by atoms with Gasteiger partial charge in [0, 0.05) is 47.8 Å². The molecule has 3 aliphatic rings. The molecule has 5 rings (SSSR count). The Morgan fingerprint density at radius 2 is 1.43 bits per heavy atom. The monoisotopic (exact) mass is 629 g/mol. The summed E-state index contributed by atoms with van der Waals surface area (Å²) in [7, 11) is 1.56. The summed E-state index contributed by atoms with van der Waals surface area (Å²) >= 11 is 19.1. The molecule has 0 radical (unpaired) electrons. The number of methoxy groups -OCH3 is 1. The minimum Gasteiger partial charge on any atom is -0.493 e. The second kappa shape index (κ2) is 11.6. The molecule has 0 N–H and O–H groups in total. The van der Waals surface area contributed by atoms with Gasteiger partial charge in [-0.25, -0.2) is 0 Å². The number of nitrogens with zero attached hydrogens (tertiary/aromatic N) is 1. The molecule has 0 unspecified atom stereocenters. The molecule has 224 valence electrons. The second-order valence-electron chi connectivity index (χ2n) is 13.3. The number of Topliss-reactive ketones (excluding diaryl/α,β-unsaturated/α-hetero) is 2. The zero-order chi connectivity index (χ0) is 30.6. The summed E-state index contributed by atoms with van der Waals surface area (Å²) in [6, 6.07) is 8.99. The molecule has 0 bridgehead atoms. The summed E-state index contributed by atoms with van der Waals surface area (Å²) in [6.45, 7) is 11.7. The normalized spacial score (nSPS) is 20.1. The zero-order valence-corrected chi connectivity index (χ0v) is 27.4. The maximum atomic E-state index is 14.0. The zero-order valence-electron chi connectivity index (χ0n) is 25.1. The van der Waals surface area contributed by atoms with Crippen molar-refractivity contribution >= 4 is 46.4 Å². The third kappa shape index (κ3) is 5.85. The van der Waals surface area contributed by atoms with Gasteiger partial charge in [-0.3, -0.25) is 9.59 Å². The largest absolute Gasteiger partial charge is 0.493 e. The van der Waals surface area contributed by atoms with Crippen LogP contribution in [0.2, 0.25) is 15.1 Å². The number of carbonyl (C=O) groups is 2. The molecule has 0 saturated heterocycles. The van der Waals surface area contributed by atoms with Gasteiger partial charge in [0.1, 0.15) is 6.61 Å². The van der Waals surface area contributed by atoms with Gasteiger partial charge in [-0.15, -0.1) is 0 Å². The third-order valence-corrected chi connectivity index (χ3v) is 9.44. The van der Waals surface area contributed by atoms with Crippen LogP contribution in [-0.2, 0) is 16.2 Å². The van der Waals surface area contributed by atoms with Crippen LogP contribution in [-0.4, -0.2) is 30.1 Å². The van der Waals surface area contributed by atoms with Gasteiger partial charge in [0.15, 0.2) is 23.1 Å². The second-order valence-corrected chi connectivity index (χ2v) is 14.5. The van der Waals surface area contributed by atoms with Crippen molar-refractivity contribution < 1.29 is 19.1 Å². The molecular formula is C34H38Cl3NO4. The summed E-state index contributed by atoms with van der Waals surface area (Å²) in [4.78, 5) is 30.2. The molecule has 1 aliphatic heterocycles. The van der Waals surface area contributed by atoms with Crippen LogP contribution >= 0.6 is 34.8 Å². The Kier molecular flexibility index (Phi) is 8.52. The van der Waals surface area contributed by atoms with Gasteiger partial charge < -0.3 is 14.4 Å². The lowest BCUT2D eigenvalue weighted by Crippen LogP contribution is -2.44.